The number of ether oxygens (including phenoxy) is 2. The Morgan fingerprint density at radius 3 is 2.38 bits per heavy atom. The zero-order valence-corrected chi connectivity index (χ0v) is 17.9. The number of fused-ring (bicyclic) bond motifs is 1. The molecule has 0 aromatic heterocycles. The number of piperazine rings is 1. The summed E-state index contributed by atoms with van der Waals surface area (Å²) in [6.45, 7) is 8.61. The van der Waals surface area contributed by atoms with E-state index in [2.05, 4.69) is 36.9 Å². The predicted octanol–water partition coefficient (Wildman–Crippen LogP) is 2.97. The van der Waals surface area contributed by atoms with E-state index < -0.39 is 10.0 Å². The van der Waals surface area contributed by atoms with Crippen LogP contribution in [0, 0.1) is 13.8 Å². The summed E-state index contributed by atoms with van der Waals surface area (Å²) in [5.41, 5.74) is 3.84. The van der Waals surface area contributed by atoms with Crippen molar-refractivity contribution in [2.75, 3.05) is 39.4 Å². The van der Waals surface area contributed by atoms with Crippen LogP contribution in [-0.4, -0.2) is 57.0 Å². The molecule has 156 valence electrons. The summed E-state index contributed by atoms with van der Waals surface area (Å²) in [6.07, 6.45) is 0.791. The van der Waals surface area contributed by atoms with Crippen molar-refractivity contribution in [3.05, 3.63) is 53.1 Å². The van der Waals surface area contributed by atoms with Crippen LogP contribution in [0.2, 0.25) is 0 Å². The zero-order valence-electron chi connectivity index (χ0n) is 17.1. The highest BCUT2D eigenvalue weighted by atomic mass is 32.2. The summed E-state index contributed by atoms with van der Waals surface area (Å²) in [4.78, 5) is 2.59. The lowest BCUT2D eigenvalue weighted by atomic mass is 10.1. The molecular weight excluding hydrogens is 388 g/mol. The van der Waals surface area contributed by atoms with Crippen LogP contribution < -0.4 is 9.47 Å². The highest BCUT2D eigenvalue weighted by Gasteiger charge is 2.29. The lowest BCUT2D eigenvalue weighted by molar-refractivity contribution is 0.181. The van der Waals surface area contributed by atoms with Gasteiger partial charge in [-0.05, 0) is 37.1 Å². The predicted molar refractivity (Wildman–Crippen MR) is 112 cm³/mol. The molecule has 0 spiro atoms. The van der Waals surface area contributed by atoms with Gasteiger partial charge in [-0.15, -0.1) is 0 Å². The van der Waals surface area contributed by atoms with Crippen LogP contribution in [-0.2, 0) is 16.6 Å². The summed E-state index contributed by atoms with van der Waals surface area (Å²) in [7, 11) is -3.55. The van der Waals surface area contributed by atoms with Gasteiger partial charge in [-0.25, -0.2) is 8.42 Å². The third kappa shape index (κ3) is 4.42. The van der Waals surface area contributed by atoms with Gasteiger partial charge in [0.05, 0.1) is 18.1 Å². The van der Waals surface area contributed by atoms with Gasteiger partial charge in [-0.3, -0.25) is 4.90 Å². The van der Waals surface area contributed by atoms with E-state index >= 15 is 0 Å². The molecule has 4 rings (SSSR count). The fourth-order valence-corrected chi connectivity index (χ4v) is 5.23. The van der Waals surface area contributed by atoms with Crippen LogP contribution in [0.4, 0.5) is 0 Å². The molecule has 0 saturated carbocycles. The van der Waals surface area contributed by atoms with Gasteiger partial charge in [-0.1, -0.05) is 23.8 Å². The summed E-state index contributed by atoms with van der Waals surface area (Å²) < 4.78 is 39.1. The van der Waals surface area contributed by atoms with Crippen LogP contribution in [0.3, 0.4) is 0 Å². The Balaban J connectivity index is 1.43. The molecule has 1 fully saturated rings. The minimum Gasteiger partial charge on any atom is -0.490 e. The number of sulfonamides is 1. The molecular formula is C22H28N2O4S. The fraction of sp³-hybridized carbons (Fsp3) is 0.455. The lowest BCUT2D eigenvalue weighted by Gasteiger charge is -2.34. The van der Waals surface area contributed by atoms with Crippen LogP contribution in [0.1, 0.15) is 23.1 Å². The molecule has 0 amide bonds. The second-order valence-electron chi connectivity index (χ2n) is 7.77. The van der Waals surface area contributed by atoms with Crippen LogP contribution in [0.5, 0.6) is 11.5 Å². The van der Waals surface area contributed by atoms with E-state index in [0.29, 0.717) is 37.8 Å². The monoisotopic (exact) mass is 416 g/mol. The Kier molecular flexibility index (Phi) is 5.81. The molecule has 2 aliphatic heterocycles. The molecule has 0 radical (unpaired) electrons. The Morgan fingerprint density at radius 1 is 0.897 bits per heavy atom. The maximum atomic E-state index is 13.1. The SMILES string of the molecule is Cc1ccc(C)c(CN2CCN(S(=O)(=O)c3ccc4c(c3)OCCCO4)CC2)c1. The lowest BCUT2D eigenvalue weighted by Crippen LogP contribution is -2.48. The topological polar surface area (TPSA) is 59.1 Å². The van der Waals surface area contributed by atoms with Gasteiger partial charge in [0.25, 0.3) is 0 Å². The van der Waals surface area contributed by atoms with Crippen LogP contribution in [0.15, 0.2) is 41.3 Å². The van der Waals surface area contributed by atoms with Gasteiger partial charge in [0.1, 0.15) is 0 Å². The van der Waals surface area contributed by atoms with Crippen LogP contribution in [0.25, 0.3) is 0 Å². The Bertz CT molecular complexity index is 982. The van der Waals surface area contributed by atoms with E-state index in [9.17, 15) is 8.42 Å². The maximum Gasteiger partial charge on any atom is 0.243 e. The molecule has 0 aliphatic carbocycles. The zero-order chi connectivity index (χ0) is 20.4. The van der Waals surface area contributed by atoms with Crippen molar-refractivity contribution in [2.45, 2.75) is 31.7 Å². The molecule has 0 atom stereocenters. The number of rotatable bonds is 4. The van der Waals surface area contributed by atoms with Gasteiger partial charge >= 0.3 is 0 Å². The number of hydrogen-bond acceptors (Lipinski definition) is 5. The van der Waals surface area contributed by atoms with Gasteiger partial charge < -0.3 is 9.47 Å². The van der Waals surface area contributed by atoms with Crippen molar-refractivity contribution in [3.63, 3.8) is 0 Å². The first-order valence-electron chi connectivity index (χ1n) is 10.1. The third-order valence-corrected chi connectivity index (χ3v) is 7.48. The Labute approximate surface area is 173 Å². The van der Waals surface area contributed by atoms with E-state index in [-0.39, 0.29) is 4.90 Å². The first-order chi connectivity index (χ1) is 13.9. The normalized spacial score (nSPS) is 18.4. The second-order valence-corrected chi connectivity index (χ2v) is 9.71. The van der Waals surface area contributed by atoms with Gasteiger partial charge in [0, 0.05) is 45.2 Å². The molecule has 6 nitrogen and oxygen atoms in total. The van der Waals surface area contributed by atoms with Crippen molar-refractivity contribution < 1.29 is 17.9 Å². The molecule has 7 heteroatoms. The number of hydrogen-bond donors (Lipinski definition) is 0. The fourth-order valence-electron chi connectivity index (χ4n) is 3.79. The summed E-state index contributed by atoms with van der Waals surface area (Å²) >= 11 is 0. The van der Waals surface area contributed by atoms with E-state index in [1.165, 1.54) is 16.7 Å². The average molecular weight is 417 g/mol. The van der Waals surface area contributed by atoms with Crippen molar-refractivity contribution in [1.82, 2.24) is 9.21 Å². The summed E-state index contributed by atoms with van der Waals surface area (Å²) in [5, 5.41) is 0. The number of aryl methyl sites for hydroxylation is 2. The van der Waals surface area contributed by atoms with Crippen molar-refractivity contribution in [3.8, 4) is 11.5 Å². The smallest absolute Gasteiger partial charge is 0.243 e. The van der Waals surface area contributed by atoms with Gasteiger partial charge in [0.2, 0.25) is 10.0 Å². The minimum absolute atomic E-state index is 0.268. The second kappa shape index (κ2) is 8.34. The molecule has 0 unspecified atom stereocenters. The van der Waals surface area contributed by atoms with E-state index in [1.807, 2.05) is 0 Å². The highest BCUT2D eigenvalue weighted by molar-refractivity contribution is 7.89. The van der Waals surface area contributed by atoms with E-state index in [4.69, 9.17) is 9.47 Å². The van der Waals surface area contributed by atoms with Crippen molar-refractivity contribution in [1.29, 1.82) is 0 Å². The van der Waals surface area contributed by atoms with Gasteiger partial charge in [0.15, 0.2) is 11.5 Å². The quantitative estimate of drug-likeness (QED) is 0.767. The average Bonchev–Trinajstić information content (AvgIpc) is 2.96. The molecule has 2 aromatic rings. The highest BCUT2D eigenvalue weighted by Crippen LogP contribution is 2.33. The standard InChI is InChI=1S/C22H28N2O4S/c1-17-4-5-18(2)19(14-17)16-23-8-10-24(11-9-23)29(25,26)20-6-7-21-22(15-20)28-13-3-12-27-21/h4-7,14-15H,3,8-13,16H2,1-2H3. The van der Waals surface area contributed by atoms with Gasteiger partial charge in [-0.2, -0.15) is 4.31 Å². The van der Waals surface area contributed by atoms with E-state index in [0.717, 1.165) is 26.1 Å². The summed E-state index contributed by atoms with van der Waals surface area (Å²) in [6, 6.07) is 11.4. The third-order valence-electron chi connectivity index (χ3n) is 5.59. The largest absolute Gasteiger partial charge is 0.490 e. The molecule has 29 heavy (non-hydrogen) atoms. The Hall–Kier alpha value is -2.09. The van der Waals surface area contributed by atoms with Crippen LogP contribution >= 0.6 is 0 Å². The Morgan fingerprint density at radius 2 is 1.62 bits per heavy atom. The number of nitrogens with zero attached hydrogens (tertiary/aromatic N) is 2. The molecule has 2 heterocycles. The van der Waals surface area contributed by atoms with E-state index in [1.54, 1.807) is 22.5 Å². The molecule has 0 N–H and O–H groups in total. The molecule has 2 aromatic carbocycles. The minimum atomic E-state index is -3.55. The van der Waals surface area contributed by atoms with Crippen molar-refractivity contribution in [2.24, 2.45) is 0 Å². The molecule has 0 bridgehead atoms. The first kappa shape index (κ1) is 20.2. The first-order valence-corrected chi connectivity index (χ1v) is 11.6. The van der Waals surface area contributed by atoms with Crippen molar-refractivity contribution >= 4 is 10.0 Å². The maximum absolute atomic E-state index is 13.1. The molecule has 2 aliphatic rings. The number of benzene rings is 2. The molecule has 1 saturated heterocycles. The summed E-state index contributed by atoms with van der Waals surface area (Å²) in [5.74, 6) is 1.12.